The van der Waals surface area contributed by atoms with Crippen LogP contribution in [0.3, 0.4) is 0 Å². The second-order valence-electron chi connectivity index (χ2n) is 6.18. The monoisotopic (exact) mass is 304 g/mol. The standard InChI is InChI=1S/C19H20N4/c1-2-16-3-4-18(22-19(16)21-9-1)17-8-13-23(14-17)12-7-15-5-10-20-11-6-15/h1-6,9-11,17H,7-8,12-14H2/t17-/m0/s1. The summed E-state index contributed by atoms with van der Waals surface area (Å²) in [5.41, 5.74) is 3.40. The van der Waals surface area contributed by atoms with Gasteiger partial charge in [0.25, 0.3) is 0 Å². The van der Waals surface area contributed by atoms with Crippen molar-refractivity contribution in [2.45, 2.75) is 18.8 Å². The van der Waals surface area contributed by atoms with Crippen molar-refractivity contribution in [1.82, 2.24) is 19.9 Å². The molecule has 3 aromatic rings. The van der Waals surface area contributed by atoms with Crippen LogP contribution >= 0.6 is 0 Å². The Balaban J connectivity index is 1.41. The molecule has 0 spiro atoms. The lowest BCUT2D eigenvalue weighted by Gasteiger charge is -2.16. The number of aromatic nitrogens is 3. The van der Waals surface area contributed by atoms with Crippen LogP contribution in [-0.4, -0.2) is 39.5 Å². The average molecular weight is 304 g/mol. The molecule has 0 amide bonds. The molecule has 3 aromatic heterocycles. The third kappa shape index (κ3) is 3.22. The van der Waals surface area contributed by atoms with Gasteiger partial charge in [-0.1, -0.05) is 0 Å². The van der Waals surface area contributed by atoms with Crippen LogP contribution in [0.15, 0.2) is 55.0 Å². The third-order valence-electron chi connectivity index (χ3n) is 4.64. The van der Waals surface area contributed by atoms with Gasteiger partial charge in [0.1, 0.15) is 0 Å². The summed E-state index contributed by atoms with van der Waals surface area (Å²) in [6.45, 7) is 3.35. The average Bonchev–Trinajstić information content (AvgIpc) is 3.09. The minimum absolute atomic E-state index is 0.527. The van der Waals surface area contributed by atoms with E-state index < -0.39 is 0 Å². The van der Waals surface area contributed by atoms with Gasteiger partial charge in [0, 0.05) is 48.7 Å². The molecule has 0 saturated carbocycles. The zero-order valence-electron chi connectivity index (χ0n) is 13.1. The maximum absolute atomic E-state index is 4.76. The zero-order valence-corrected chi connectivity index (χ0v) is 13.1. The fourth-order valence-electron chi connectivity index (χ4n) is 3.31. The number of rotatable bonds is 4. The number of hydrogen-bond donors (Lipinski definition) is 0. The fourth-order valence-corrected chi connectivity index (χ4v) is 3.31. The fraction of sp³-hybridized carbons (Fsp3) is 0.316. The minimum Gasteiger partial charge on any atom is -0.302 e. The predicted molar refractivity (Wildman–Crippen MR) is 91.3 cm³/mol. The molecule has 1 aliphatic rings. The maximum atomic E-state index is 4.76. The van der Waals surface area contributed by atoms with Crippen LogP contribution in [0, 0.1) is 0 Å². The van der Waals surface area contributed by atoms with Crippen LogP contribution < -0.4 is 0 Å². The van der Waals surface area contributed by atoms with Crippen LogP contribution in [-0.2, 0) is 6.42 Å². The zero-order chi connectivity index (χ0) is 15.5. The summed E-state index contributed by atoms with van der Waals surface area (Å²) in [6.07, 6.45) is 7.82. The van der Waals surface area contributed by atoms with Crippen molar-refractivity contribution >= 4 is 11.0 Å². The van der Waals surface area contributed by atoms with Crippen molar-refractivity contribution in [2.24, 2.45) is 0 Å². The molecule has 23 heavy (non-hydrogen) atoms. The Bertz CT molecular complexity index is 787. The second-order valence-corrected chi connectivity index (χ2v) is 6.18. The summed E-state index contributed by atoms with van der Waals surface area (Å²) < 4.78 is 0. The summed E-state index contributed by atoms with van der Waals surface area (Å²) in [5, 5.41) is 1.11. The molecule has 4 heterocycles. The Morgan fingerprint density at radius 3 is 2.87 bits per heavy atom. The highest BCUT2D eigenvalue weighted by atomic mass is 15.1. The van der Waals surface area contributed by atoms with Gasteiger partial charge >= 0.3 is 0 Å². The van der Waals surface area contributed by atoms with E-state index >= 15 is 0 Å². The van der Waals surface area contributed by atoms with Crippen LogP contribution in [0.2, 0.25) is 0 Å². The maximum Gasteiger partial charge on any atom is 0.159 e. The van der Waals surface area contributed by atoms with Gasteiger partial charge in [0.2, 0.25) is 0 Å². The first-order chi connectivity index (χ1) is 11.4. The molecule has 116 valence electrons. The van der Waals surface area contributed by atoms with Gasteiger partial charge in [-0.25, -0.2) is 9.97 Å². The van der Waals surface area contributed by atoms with E-state index in [-0.39, 0.29) is 0 Å². The largest absolute Gasteiger partial charge is 0.302 e. The van der Waals surface area contributed by atoms with E-state index in [1.165, 1.54) is 17.7 Å². The molecule has 4 rings (SSSR count). The number of nitrogens with zero attached hydrogens (tertiary/aromatic N) is 4. The van der Waals surface area contributed by atoms with Gasteiger partial charge in [0.15, 0.2) is 5.65 Å². The molecule has 0 aliphatic carbocycles. The van der Waals surface area contributed by atoms with Crippen molar-refractivity contribution in [1.29, 1.82) is 0 Å². The van der Waals surface area contributed by atoms with Gasteiger partial charge in [0.05, 0.1) is 0 Å². The Kier molecular flexibility index (Phi) is 3.99. The number of pyridine rings is 3. The Morgan fingerprint density at radius 2 is 1.96 bits per heavy atom. The van der Waals surface area contributed by atoms with Crippen molar-refractivity contribution in [2.75, 3.05) is 19.6 Å². The van der Waals surface area contributed by atoms with Gasteiger partial charge in [-0.05, 0) is 61.3 Å². The van der Waals surface area contributed by atoms with E-state index in [1.54, 1.807) is 0 Å². The van der Waals surface area contributed by atoms with Crippen molar-refractivity contribution in [3.8, 4) is 0 Å². The van der Waals surface area contributed by atoms with Crippen LogP contribution in [0.25, 0.3) is 11.0 Å². The summed E-state index contributed by atoms with van der Waals surface area (Å²) in [7, 11) is 0. The highest BCUT2D eigenvalue weighted by Crippen LogP contribution is 2.27. The quantitative estimate of drug-likeness (QED) is 0.743. The van der Waals surface area contributed by atoms with E-state index in [2.05, 4.69) is 45.2 Å². The molecule has 0 N–H and O–H groups in total. The van der Waals surface area contributed by atoms with Crippen molar-refractivity contribution in [3.63, 3.8) is 0 Å². The molecule has 0 unspecified atom stereocenters. The summed E-state index contributed by atoms with van der Waals surface area (Å²) in [6, 6.07) is 12.5. The van der Waals surface area contributed by atoms with Crippen molar-refractivity contribution in [3.05, 3.63) is 66.2 Å². The van der Waals surface area contributed by atoms with E-state index in [1.807, 2.05) is 24.7 Å². The van der Waals surface area contributed by atoms with E-state index in [0.717, 1.165) is 37.1 Å². The number of fused-ring (bicyclic) bond motifs is 1. The highest BCUT2D eigenvalue weighted by molar-refractivity contribution is 5.74. The third-order valence-corrected chi connectivity index (χ3v) is 4.64. The lowest BCUT2D eigenvalue weighted by molar-refractivity contribution is 0.338. The molecule has 0 aromatic carbocycles. The molecule has 1 saturated heterocycles. The van der Waals surface area contributed by atoms with Crippen LogP contribution in [0.1, 0.15) is 23.6 Å². The Labute approximate surface area is 136 Å². The van der Waals surface area contributed by atoms with E-state index in [0.29, 0.717) is 5.92 Å². The second kappa shape index (κ2) is 6.42. The Hall–Kier alpha value is -2.33. The molecule has 1 fully saturated rings. The van der Waals surface area contributed by atoms with Crippen molar-refractivity contribution < 1.29 is 0 Å². The molecule has 0 bridgehead atoms. The SMILES string of the molecule is c1cnc2nc([C@H]3CCN(CCc4ccncc4)C3)ccc2c1. The van der Waals surface area contributed by atoms with E-state index in [9.17, 15) is 0 Å². The molecule has 1 atom stereocenters. The first-order valence-corrected chi connectivity index (χ1v) is 8.21. The van der Waals surface area contributed by atoms with Crippen LogP contribution in [0.5, 0.6) is 0 Å². The van der Waals surface area contributed by atoms with Gasteiger partial charge in [-0.2, -0.15) is 0 Å². The van der Waals surface area contributed by atoms with Crippen LogP contribution in [0.4, 0.5) is 0 Å². The lowest BCUT2D eigenvalue weighted by atomic mass is 10.0. The topological polar surface area (TPSA) is 41.9 Å². The summed E-state index contributed by atoms with van der Waals surface area (Å²) >= 11 is 0. The smallest absolute Gasteiger partial charge is 0.159 e. The molecular formula is C19H20N4. The molecular weight excluding hydrogens is 284 g/mol. The Morgan fingerprint density at radius 1 is 1.04 bits per heavy atom. The minimum atomic E-state index is 0.527. The predicted octanol–water partition coefficient (Wildman–Crippen LogP) is 3.06. The van der Waals surface area contributed by atoms with Gasteiger partial charge in [-0.15, -0.1) is 0 Å². The molecule has 4 heteroatoms. The summed E-state index contributed by atoms with van der Waals surface area (Å²) in [4.78, 5) is 15.8. The van der Waals surface area contributed by atoms with Gasteiger partial charge < -0.3 is 4.90 Å². The van der Waals surface area contributed by atoms with E-state index in [4.69, 9.17) is 4.98 Å². The molecule has 0 radical (unpaired) electrons. The summed E-state index contributed by atoms with van der Waals surface area (Å²) in [5.74, 6) is 0.527. The van der Waals surface area contributed by atoms with Gasteiger partial charge in [-0.3, -0.25) is 4.98 Å². The highest BCUT2D eigenvalue weighted by Gasteiger charge is 2.24. The molecule has 4 nitrogen and oxygen atoms in total. The first kappa shape index (κ1) is 14.3. The molecule has 1 aliphatic heterocycles. The number of hydrogen-bond acceptors (Lipinski definition) is 4. The first-order valence-electron chi connectivity index (χ1n) is 8.21. The normalized spacial score (nSPS) is 18.5. The number of likely N-dealkylation sites (tertiary alicyclic amines) is 1. The lowest BCUT2D eigenvalue weighted by Crippen LogP contribution is -2.23.